The monoisotopic (exact) mass is 233 g/mol. The molecule has 1 aromatic rings. The van der Waals surface area contributed by atoms with Crippen LogP contribution in [0.5, 0.6) is 0 Å². The molecule has 0 aliphatic rings. The van der Waals surface area contributed by atoms with Gasteiger partial charge < -0.3 is 5.73 Å². The van der Waals surface area contributed by atoms with Gasteiger partial charge in [-0.1, -0.05) is 13.8 Å². The Bertz CT molecular complexity index is 244. The largest absolute Gasteiger partial charge is 0.390 e. The average Bonchev–Trinajstić information content (AvgIpc) is 2.28. The van der Waals surface area contributed by atoms with Crippen molar-refractivity contribution in [3.63, 3.8) is 0 Å². The molecule has 1 unspecified atom stereocenters. The van der Waals surface area contributed by atoms with Crippen LogP contribution in [0.4, 0.5) is 5.00 Å². The van der Waals surface area contributed by atoms with Gasteiger partial charge in [0.1, 0.15) is 0 Å². The zero-order chi connectivity index (χ0) is 8.43. The second-order valence-electron chi connectivity index (χ2n) is 2.68. The topological polar surface area (TPSA) is 26.0 Å². The number of hydrogen-bond donors (Lipinski definition) is 1. The molecule has 1 aromatic heterocycles. The Kier molecular flexibility index (Phi) is 2.96. The zero-order valence-corrected chi connectivity index (χ0v) is 9.13. The SMILES string of the molecule is CCC(C)c1cc(Br)sc1N. The standard InChI is InChI=1S/C8H12BrNS/c1-3-5(2)6-4-7(9)11-8(6)10/h4-5H,3,10H2,1-2H3. The Labute approximate surface area is 79.7 Å². The first kappa shape index (κ1) is 9.07. The van der Waals surface area contributed by atoms with Gasteiger partial charge in [-0.2, -0.15) is 0 Å². The Morgan fingerprint density at radius 2 is 2.36 bits per heavy atom. The van der Waals surface area contributed by atoms with Crippen LogP contribution in [0.3, 0.4) is 0 Å². The molecule has 1 rings (SSSR count). The lowest BCUT2D eigenvalue weighted by atomic mass is 10.0. The lowest BCUT2D eigenvalue weighted by Gasteiger charge is -2.05. The fourth-order valence-electron chi connectivity index (χ4n) is 0.992. The van der Waals surface area contributed by atoms with Crippen LogP contribution in [0.25, 0.3) is 0 Å². The Balaban J connectivity index is 2.93. The maximum atomic E-state index is 5.81. The summed E-state index contributed by atoms with van der Waals surface area (Å²) >= 11 is 5.03. The highest BCUT2D eigenvalue weighted by Crippen LogP contribution is 2.35. The lowest BCUT2D eigenvalue weighted by molar-refractivity contribution is 0.738. The summed E-state index contributed by atoms with van der Waals surface area (Å²) < 4.78 is 1.13. The molecule has 2 N–H and O–H groups in total. The van der Waals surface area contributed by atoms with E-state index >= 15 is 0 Å². The van der Waals surface area contributed by atoms with Crippen LogP contribution in [0.2, 0.25) is 0 Å². The predicted molar refractivity (Wildman–Crippen MR) is 55.1 cm³/mol. The molecule has 0 aliphatic heterocycles. The first-order valence-corrected chi connectivity index (χ1v) is 5.30. The van der Waals surface area contributed by atoms with E-state index in [2.05, 4.69) is 35.8 Å². The molecule has 0 spiro atoms. The van der Waals surface area contributed by atoms with Crippen molar-refractivity contribution in [1.82, 2.24) is 0 Å². The number of nitrogen functional groups attached to an aromatic ring is 1. The van der Waals surface area contributed by atoms with E-state index in [1.54, 1.807) is 11.3 Å². The zero-order valence-electron chi connectivity index (χ0n) is 6.73. The van der Waals surface area contributed by atoms with Crippen LogP contribution in [-0.4, -0.2) is 0 Å². The summed E-state index contributed by atoms with van der Waals surface area (Å²) in [7, 11) is 0. The molecule has 0 fully saturated rings. The van der Waals surface area contributed by atoms with Crippen LogP contribution in [0, 0.1) is 0 Å². The third kappa shape index (κ3) is 1.97. The van der Waals surface area contributed by atoms with Crippen molar-refractivity contribution in [2.45, 2.75) is 26.2 Å². The highest BCUT2D eigenvalue weighted by Gasteiger charge is 2.09. The van der Waals surface area contributed by atoms with Gasteiger partial charge >= 0.3 is 0 Å². The molecule has 3 heteroatoms. The van der Waals surface area contributed by atoms with Crippen LogP contribution in [0.1, 0.15) is 31.7 Å². The smallest absolute Gasteiger partial charge is 0.0903 e. The summed E-state index contributed by atoms with van der Waals surface area (Å²) in [6, 6.07) is 2.12. The van der Waals surface area contributed by atoms with Crippen LogP contribution in [-0.2, 0) is 0 Å². The molecule has 0 radical (unpaired) electrons. The average molecular weight is 234 g/mol. The maximum Gasteiger partial charge on any atom is 0.0903 e. The van der Waals surface area contributed by atoms with E-state index in [1.165, 1.54) is 5.56 Å². The van der Waals surface area contributed by atoms with Gasteiger partial charge in [0.2, 0.25) is 0 Å². The van der Waals surface area contributed by atoms with Gasteiger partial charge in [0.05, 0.1) is 8.79 Å². The van der Waals surface area contributed by atoms with E-state index in [1.807, 2.05) is 0 Å². The molecule has 1 atom stereocenters. The fourth-order valence-corrected chi connectivity index (χ4v) is 2.54. The van der Waals surface area contributed by atoms with Gasteiger partial charge in [0.15, 0.2) is 0 Å². The van der Waals surface area contributed by atoms with Crippen molar-refractivity contribution < 1.29 is 0 Å². The molecule has 0 amide bonds. The summed E-state index contributed by atoms with van der Waals surface area (Å²) in [6.07, 6.45) is 1.15. The van der Waals surface area contributed by atoms with Crippen molar-refractivity contribution in [3.8, 4) is 0 Å². The van der Waals surface area contributed by atoms with Gasteiger partial charge in [-0.25, -0.2) is 0 Å². The van der Waals surface area contributed by atoms with E-state index in [0.29, 0.717) is 5.92 Å². The van der Waals surface area contributed by atoms with Crippen molar-refractivity contribution in [2.75, 3.05) is 5.73 Å². The molecule has 0 aromatic carbocycles. The van der Waals surface area contributed by atoms with Crippen LogP contribution < -0.4 is 5.73 Å². The minimum Gasteiger partial charge on any atom is -0.390 e. The Morgan fingerprint density at radius 3 is 2.73 bits per heavy atom. The molecule has 62 valence electrons. The number of hydrogen-bond acceptors (Lipinski definition) is 2. The highest BCUT2D eigenvalue weighted by molar-refractivity contribution is 9.11. The van der Waals surface area contributed by atoms with Gasteiger partial charge in [0.25, 0.3) is 0 Å². The van der Waals surface area contributed by atoms with E-state index in [9.17, 15) is 0 Å². The van der Waals surface area contributed by atoms with E-state index in [4.69, 9.17) is 5.73 Å². The molecule has 1 nitrogen and oxygen atoms in total. The molecule has 11 heavy (non-hydrogen) atoms. The van der Waals surface area contributed by atoms with Crippen molar-refractivity contribution in [1.29, 1.82) is 0 Å². The molecular formula is C8H12BrNS. The second-order valence-corrected chi connectivity index (χ2v) is 5.14. The first-order chi connectivity index (χ1) is 5.15. The van der Waals surface area contributed by atoms with E-state index in [-0.39, 0.29) is 0 Å². The van der Waals surface area contributed by atoms with E-state index < -0.39 is 0 Å². The van der Waals surface area contributed by atoms with Gasteiger partial charge in [-0.3, -0.25) is 0 Å². The van der Waals surface area contributed by atoms with Crippen molar-refractivity contribution >= 4 is 32.3 Å². The van der Waals surface area contributed by atoms with Crippen molar-refractivity contribution in [3.05, 3.63) is 15.4 Å². The number of anilines is 1. The summed E-state index contributed by atoms with van der Waals surface area (Å²) in [5, 5.41) is 0.950. The fraction of sp³-hybridized carbons (Fsp3) is 0.500. The van der Waals surface area contributed by atoms with Gasteiger partial charge in [0, 0.05) is 0 Å². The lowest BCUT2D eigenvalue weighted by Crippen LogP contribution is -1.92. The Morgan fingerprint density at radius 1 is 1.73 bits per heavy atom. The summed E-state index contributed by atoms with van der Waals surface area (Å²) in [6.45, 7) is 4.38. The third-order valence-corrected chi connectivity index (χ3v) is 3.39. The van der Waals surface area contributed by atoms with Crippen LogP contribution in [0.15, 0.2) is 9.85 Å². The first-order valence-electron chi connectivity index (χ1n) is 3.69. The maximum absolute atomic E-state index is 5.81. The van der Waals surface area contributed by atoms with E-state index in [0.717, 1.165) is 15.2 Å². The quantitative estimate of drug-likeness (QED) is 0.831. The van der Waals surface area contributed by atoms with Crippen molar-refractivity contribution in [2.24, 2.45) is 0 Å². The molecule has 0 bridgehead atoms. The molecule has 0 aliphatic carbocycles. The molecule has 0 saturated heterocycles. The molecule has 1 heterocycles. The van der Waals surface area contributed by atoms with Gasteiger partial charge in [-0.05, 0) is 39.9 Å². The normalized spacial score (nSPS) is 13.4. The minimum atomic E-state index is 0.581. The summed E-state index contributed by atoms with van der Waals surface area (Å²) in [5.74, 6) is 0.581. The minimum absolute atomic E-state index is 0.581. The summed E-state index contributed by atoms with van der Waals surface area (Å²) in [5.41, 5.74) is 7.09. The molecule has 0 saturated carbocycles. The number of halogens is 1. The summed E-state index contributed by atoms with van der Waals surface area (Å²) in [4.78, 5) is 0. The van der Waals surface area contributed by atoms with Gasteiger partial charge in [-0.15, -0.1) is 11.3 Å². The number of rotatable bonds is 2. The van der Waals surface area contributed by atoms with Crippen LogP contribution >= 0.6 is 27.3 Å². The third-order valence-electron chi connectivity index (χ3n) is 1.90. The number of thiophene rings is 1. The predicted octanol–water partition coefficient (Wildman–Crippen LogP) is 3.61. The second kappa shape index (κ2) is 3.59. The number of nitrogens with two attached hydrogens (primary N) is 1. The molecular weight excluding hydrogens is 222 g/mol. The Hall–Kier alpha value is -0.0200. The highest BCUT2D eigenvalue weighted by atomic mass is 79.9.